The molecule has 106 valence electrons. The molecular formula is C15H15Cl2NOS. The molecule has 0 saturated carbocycles. The van der Waals surface area contributed by atoms with Crippen molar-refractivity contribution in [2.75, 3.05) is 5.32 Å². The highest BCUT2D eigenvalue weighted by molar-refractivity contribution is 7.20. The highest BCUT2D eigenvalue weighted by Crippen LogP contribution is 2.33. The van der Waals surface area contributed by atoms with E-state index in [9.17, 15) is 4.79 Å². The van der Waals surface area contributed by atoms with E-state index in [-0.39, 0.29) is 11.3 Å². The number of benzene rings is 1. The molecule has 20 heavy (non-hydrogen) atoms. The van der Waals surface area contributed by atoms with E-state index in [4.69, 9.17) is 23.2 Å². The summed E-state index contributed by atoms with van der Waals surface area (Å²) in [5.74, 6) is -0.241. The van der Waals surface area contributed by atoms with E-state index in [0.29, 0.717) is 14.2 Å². The molecule has 0 unspecified atom stereocenters. The van der Waals surface area contributed by atoms with Crippen LogP contribution in [0.2, 0.25) is 8.67 Å². The molecule has 2 rings (SSSR count). The van der Waals surface area contributed by atoms with E-state index in [1.807, 2.05) is 24.3 Å². The highest BCUT2D eigenvalue weighted by Gasteiger charge is 2.20. The monoisotopic (exact) mass is 327 g/mol. The first kappa shape index (κ1) is 15.4. The molecule has 1 amide bonds. The Hall–Kier alpha value is -1.03. The van der Waals surface area contributed by atoms with Gasteiger partial charge in [-0.25, -0.2) is 0 Å². The molecule has 1 aromatic heterocycles. The van der Waals surface area contributed by atoms with E-state index in [1.54, 1.807) is 6.07 Å². The predicted molar refractivity (Wildman–Crippen MR) is 87.4 cm³/mol. The Morgan fingerprint density at radius 3 is 2.40 bits per heavy atom. The molecule has 1 heterocycles. The molecule has 2 aromatic rings. The van der Waals surface area contributed by atoms with Gasteiger partial charge in [0.25, 0.3) is 5.91 Å². The van der Waals surface area contributed by atoms with Gasteiger partial charge in [0.2, 0.25) is 0 Å². The van der Waals surface area contributed by atoms with Crippen molar-refractivity contribution in [1.82, 2.24) is 0 Å². The fourth-order valence-corrected chi connectivity index (χ4v) is 3.39. The number of amides is 1. The predicted octanol–water partition coefficient (Wildman–Crippen LogP) is 5.60. The molecule has 0 atom stereocenters. The Kier molecular flexibility index (Phi) is 4.43. The van der Waals surface area contributed by atoms with Gasteiger partial charge < -0.3 is 5.32 Å². The number of para-hydroxylation sites is 1. The van der Waals surface area contributed by atoms with Gasteiger partial charge in [0.1, 0.15) is 4.34 Å². The molecule has 0 spiro atoms. The minimum atomic E-state index is -0.241. The summed E-state index contributed by atoms with van der Waals surface area (Å²) in [5, 5.41) is 2.91. The van der Waals surface area contributed by atoms with E-state index in [1.165, 1.54) is 11.3 Å². The average molecular weight is 328 g/mol. The van der Waals surface area contributed by atoms with Crippen LogP contribution in [0.1, 0.15) is 36.7 Å². The fourth-order valence-electron chi connectivity index (χ4n) is 1.93. The lowest BCUT2D eigenvalue weighted by Gasteiger charge is -2.22. The molecule has 0 saturated heterocycles. The van der Waals surface area contributed by atoms with Crippen molar-refractivity contribution in [2.24, 2.45) is 0 Å². The van der Waals surface area contributed by atoms with Gasteiger partial charge in [-0.2, -0.15) is 0 Å². The van der Waals surface area contributed by atoms with Gasteiger partial charge in [-0.1, -0.05) is 62.2 Å². The van der Waals surface area contributed by atoms with Crippen LogP contribution in [0.25, 0.3) is 0 Å². The summed E-state index contributed by atoms with van der Waals surface area (Å²) in [5.41, 5.74) is 2.22. The standard InChI is InChI=1S/C15H15Cl2NOS/c1-15(2,3)10-6-4-5-7-11(10)18-14(19)9-8-12(16)20-13(9)17/h4-8H,1-3H3,(H,18,19). The van der Waals surface area contributed by atoms with E-state index < -0.39 is 0 Å². The molecule has 1 N–H and O–H groups in total. The minimum Gasteiger partial charge on any atom is -0.322 e. The lowest BCUT2D eigenvalue weighted by atomic mass is 9.86. The lowest BCUT2D eigenvalue weighted by Crippen LogP contribution is -2.18. The Morgan fingerprint density at radius 2 is 1.85 bits per heavy atom. The van der Waals surface area contributed by atoms with Crippen LogP contribution in [0.15, 0.2) is 30.3 Å². The molecule has 2 nitrogen and oxygen atoms in total. The average Bonchev–Trinajstić information content (AvgIpc) is 2.68. The van der Waals surface area contributed by atoms with Crippen LogP contribution in [-0.2, 0) is 5.41 Å². The minimum absolute atomic E-state index is 0.0556. The Balaban J connectivity index is 2.31. The van der Waals surface area contributed by atoms with E-state index >= 15 is 0 Å². The zero-order chi connectivity index (χ0) is 14.9. The van der Waals surface area contributed by atoms with Crippen molar-refractivity contribution in [3.63, 3.8) is 0 Å². The van der Waals surface area contributed by atoms with Crippen molar-refractivity contribution < 1.29 is 4.79 Å². The number of halogens is 2. The smallest absolute Gasteiger partial charge is 0.258 e. The second-order valence-corrected chi connectivity index (χ2v) is 7.77. The summed E-state index contributed by atoms with van der Waals surface area (Å²) in [4.78, 5) is 12.3. The zero-order valence-electron chi connectivity index (χ0n) is 11.5. The van der Waals surface area contributed by atoms with Crippen LogP contribution in [0.3, 0.4) is 0 Å². The topological polar surface area (TPSA) is 29.1 Å². The zero-order valence-corrected chi connectivity index (χ0v) is 13.8. The van der Waals surface area contributed by atoms with Crippen LogP contribution < -0.4 is 5.32 Å². The maximum absolute atomic E-state index is 12.3. The van der Waals surface area contributed by atoms with Gasteiger partial charge in [-0.15, -0.1) is 11.3 Å². The number of hydrogen-bond acceptors (Lipinski definition) is 2. The summed E-state index contributed by atoms with van der Waals surface area (Å²) >= 11 is 13.1. The largest absolute Gasteiger partial charge is 0.322 e. The van der Waals surface area contributed by atoms with Crippen LogP contribution in [0.5, 0.6) is 0 Å². The second-order valence-electron chi connectivity index (χ2n) is 5.49. The lowest BCUT2D eigenvalue weighted by molar-refractivity contribution is 0.102. The number of hydrogen-bond donors (Lipinski definition) is 1. The van der Waals surface area contributed by atoms with Crippen LogP contribution in [0, 0.1) is 0 Å². The van der Waals surface area contributed by atoms with Crippen LogP contribution in [-0.4, -0.2) is 5.91 Å². The SMILES string of the molecule is CC(C)(C)c1ccccc1NC(=O)c1cc(Cl)sc1Cl. The van der Waals surface area contributed by atoms with Crippen molar-refractivity contribution in [3.05, 3.63) is 50.1 Å². The van der Waals surface area contributed by atoms with Crippen molar-refractivity contribution in [1.29, 1.82) is 0 Å². The maximum atomic E-state index is 12.3. The third-order valence-corrected chi connectivity index (χ3v) is 4.37. The first-order valence-electron chi connectivity index (χ1n) is 6.15. The summed E-state index contributed by atoms with van der Waals surface area (Å²) in [7, 11) is 0. The van der Waals surface area contributed by atoms with Crippen LogP contribution in [0.4, 0.5) is 5.69 Å². The highest BCUT2D eigenvalue weighted by atomic mass is 35.5. The number of carbonyl (C=O) groups is 1. The number of rotatable bonds is 2. The molecule has 0 bridgehead atoms. The van der Waals surface area contributed by atoms with Gasteiger partial charge in [0, 0.05) is 5.69 Å². The first-order chi connectivity index (χ1) is 9.29. The maximum Gasteiger partial charge on any atom is 0.258 e. The molecule has 0 aliphatic rings. The van der Waals surface area contributed by atoms with Gasteiger partial charge in [-0.05, 0) is 23.1 Å². The summed E-state index contributed by atoms with van der Waals surface area (Å²) in [6, 6.07) is 9.35. The number of nitrogens with one attached hydrogen (secondary N) is 1. The first-order valence-corrected chi connectivity index (χ1v) is 7.72. The molecule has 5 heteroatoms. The molecule has 0 aliphatic heterocycles. The molecule has 1 aromatic carbocycles. The summed E-state index contributed by atoms with van der Waals surface area (Å²) < 4.78 is 0.907. The molecule has 0 radical (unpaired) electrons. The summed E-state index contributed by atoms with van der Waals surface area (Å²) in [6.45, 7) is 6.31. The van der Waals surface area contributed by atoms with Gasteiger partial charge in [0.15, 0.2) is 0 Å². The third-order valence-electron chi connectivity index (χ3n) is 2.88. The number of anilines is 1. The fraction of sp³-hybridized carbons (Fsp3) is 0.267. The van der Waals surface area contributed by atoms with Crippen LogP contribution >= 0.6 is 34.5 Å². The van der Waals surface area contributed by atoms with Crippen molar-refractivity contribution in [2.45, 2.75) is 26.2 Å². The van der Waals surface area contributed by atoms with Gasteiger partial charge in [-0.3, -0.25) is 4.79 Å². The number of thiophene rings is 1. The molecule has 0 fully saturated rings. The van der Waals surface area contributed by atoms with E-state index in [0.717, 1.165) is 11.3 Å². The third kappa shape index (κ3) is 3.35. The second kappa shape index (κ2) is 5.76. The molecule has 0 aliphatic carbocycles. The number of carbonyl (C=O) groups excluding carboxylic acids is 1. The van der Waals surface area contributed by atoms with E-state index in [2.05, 4.69) is 26.1 Å². The van der Waals surface area contributed by atoms with Crippen molar-refractivity contribution >= 4 is 46.1 Å². The quantitative estimate of drug-likeness (QED) is 0.763. The normalized spacial score (nSPS) is 11.4. The Bertz CT molecular complexity index is 644. The Labute approximate surface area is 132 Å². The van der Waals surface area contributed by atoms with Gasteiger partial charge >= 0.3 is 0 Å². The van der Waals surface area contributed by atoms with Crippen molar-refractivity contribution in [3.8, 4) is 0 Å². The molecular weight excluding hydrogens is 313 g/mol. The van der Waals surface area contributed by atoms with Gasteiger partial charge in [0.05, 0.1) is 9.90 Å². The summed E-state index contributed by atoms with van der Waals surface area (Å²) in [6.07, 6.45) is 0. The Morgan fingerprint density at radius 1 is 1.20 bits per heavy atom.